The van der Waals surface area contributed by atoms with Crippen molar-refractivity contribution in [2.24, 2.45) is 10.8 Å². The summed E-state index contributed by atoms with van der Waals surface area (Å²) in [5.41, 5.74) is 1.41. The first kappa shape index (κ1) is 12.5. The van der Waals surface area contributed by atoms with E-state index < -0.39 is 0 Å². The molecule has 0 nitrogen and oxygen atoms in total. The van der Waals surface area contributed by atoms with Crippen LogP contribution in [0.5, 0.6) is 0 Å². The molecule has 0 aromatic heterocycles. The van der Waals surface area contributed by atoms with Crippen LogP contribution in [0.2, 0.25) is 0 Å². The molecular weight excluding hydrogens is 192 g/mol. The van der Waals surface area contributed by atoms with Gasteiger partial charge in [-0.2, -0.15) is 0 Å². The maximum Gasteiger partial charge on any atom is -0.0326 e. The van der Waals surface area contributed by atoms with E-state index in [1.54, 1.807) is 0 Å². The van der Waals surface area contributed by atoms with Crippen LogP contribution in [0.25, 0.3) is 0 Å². The molecule has 0 N–H and O–H groups in total. The fraction of sp³-hybridized carbons (Fsp3) is 1.00. The zero-order valence-corrected chi connectivity index (χ0v) is 11.5. The van der Waals surface area contributed by atoms with Crippen LogP contribution in [0.4, 0.5) is 0 Å². The highest BCUT2D eigenvalue weighted by atomic mass is 14.4. The zero-order chi connectivity index (χ0) is 11.5. The van der Waals surface area contributed by atoms with E-state index in [4.69, 9.17) is 0 Å². The van der Waals surface area contributed by atoms with E-state index in [9.17, 15) is 0 Å². The highest BCUT2D eigenvalue weighted by Crippen LogP contribution is 2.46. The van der Waals surface area contributed by atoms with Gasteiger partial charge >= 0.3 is 0 Å². The number of hydrogen-bond donors (Lipinski definition) is 0. The Balaban J connectivity index is 1.80. The summed E-state index contributed by atoms with van der Waals surface area (Å²) in [6, 6.07) is 0. The summed E-state index contributed by atoms with van der Waals surface area (Å²) < 4.78 is 0. The van der Waals surface area contributed by atoms with Crippen LogP contribution in [0.15, 0.2) is 0 Å². The quantitative estimate of drug-likeness (QED) is 0.574. The lowest BCUT2D eigenvalue weighted by atomic mass is 9.66. The van der Waals surface area contributed by atoms with Gasteiger partial charge in [0.15, 0.2) is 0 Å². The Labute approximate surface area is 102 Å². The van der Waals surface area contributed by atoms with Gasteiger partial charge in [0, 0.05) is 0 Å². The largest absolute Gasteiger partial charge is 0.0596 e. The van der Waals surface area contributed by atoms with Crippen molar-refractivity contribution >= 4 is 0 Å². The van der Waals surface area contributed by atoms with Crippen molar-refractivity contribution in [3.05, 3.63) is 0 Å². The van der Waals surface area contributed by atoms with Gasteiger partial charge in [0.25, 0.3) is 0 Å². The molecule has 2 saturated carbocycles. The lowest BCUT2D eigenvalue weighted by Crippen LogP contribution is -2.26. The van der Waals surface area contributed by atoms with Crippen LogP contribution >= 0.6 is 0 Å². The van der Waals surface area contributed by atoms with Crippen LogP contribution in [0, 0.1) is 10.8 Å². The van der Waals surface area contributed by atoms with Gasteiger partial charge in [-0.3, -0.25) is 0 Å². The molecule has 2 aliphatic carbocycles. The third-order valence-electron chi connectivity index (χ3n) is 5.45. The van der Waals surface area contributed by atoms with Gasteiger partial charge in [-0.25, -0.2) is 0 Å². The Kier molecular flexibility index (Phi) is 3.97. The second kappa shape index (κ2) is 5.10. The Morgan fingerprint density at radius 3 is 1.19 bits per heavy atom. The molecule has 0 heteroatoms. The molecular formula is C16H30. The van der Waals surface area contributed by atoms with Gasteiger partial charge in [-0.1, -0.05) is 52.4 Å². The predicted molar refractivity (Wildman–Crippen MR) is 71.6 cm³/mol. The van der Waals surface area contributed by atoms with E-state index in [0.29, 0.717) is 10.8 Å². The van der Waals surface area contributed by atoms with Crippen molar-refractivity contribution in [1.82, 2.24) is 0 Å². The van der Waals surface area contributed by atoms with Crippen molar-refractivity contribution < 1.29 is 0 Å². The molecule has 2 aliphatic rings. The van der Waals surface area contributed by atoms with Crippen molar-refractivity contribution in [3.63, 3.8) is 0 Å². The van der Waals surface area contributed by atoms with Crippen molar-refractivity contribution in [3.8, 4) is 0 Å². The van der Waals surface area contributed by atoms with E-state index in [1.165, 1.54) is 77.0 Å². The first-order chi connectivity index (χ1) is 7.62. The minimum Gasteiger partial charge on any atom is -0.0596 e. The summed E-state index contributed by atoms with van der Waals surface area (Å²) >= 11 is 0. The molecule has 2 rings (SSSR count). The second-order valence-electron chi connectivity index (χ2n) is 7.24. The first-order valence-electron chi connectivity index (χ1n) is 7.62. The van der Waals surface area contributed by atoms with E-state index in [2.05, 4.69) is 13.8 Å². The fourth-order valence-corrected chi connectivity index (χ4v) is 3.91. The molecule has 0 amide bonds. The van der Waals surface area contributed by atoms with Crippen LogP contribution in [0.1, 0.15) is 90.9 Å². The Bertz CT molecular complexity index is 180. The Hall–Kier alpha value is 0. The molecule has 0 bridgehead atoms. The van der Waals surface area contributed by atoms with Crippen molar-refractivity contribution in [1.29, 1.82) is 0 Å². The topological polar surface area (TPSA) is 0 Å². The summed E-state index contributed by atoms with van der Waals surface area (Å²) in [5, 5.41) is 0. The molecule has 0 radical (unpaired) electrons. The minimum absolute atomic E-state index is 0.707. The predicted octanol–water partition coefficient (Wildman–Crippen LogP) is 5.71. The van der Waals surface area contributed by atoms with E-state index in [-0.39, 0.29) is 0 Å². The molecule has 94 valence electrons. The normalized spacial score (nSPS) is 28.9. The van der Waals surface area contributed by atoms with E-state index in [1.807, 2.05) is 0 Å². The van der Waals surface area contributed by atoms with Gasteiger partial charge in [-0.05, 0) is 49.4 Å². The monoisotopic (exact) mass is 222 g/mol. The Morgan fingerprint density at radius 1 is 0.562 bits per heavy atom. The SMILES string of the molecule is CC1(CCC2(C)CCCCC2)CCCCC1. The highest BCUT2D eigenvalue weighted by molar-refractivity contribution is 4.84. The molecule has 0 aromatic rings. The van der Waals surface area contributed by atoms with Crippen molar-refractivity contribution in [2.75, 3.05) is 0 Å². The summed E-state index contributed by atoms with van der Waals surface area (Å²) in [7, 11) is 0. The Morgan fingerprint density at radius 2 is 0.875 bits per heavy atom. The molecule has 2 fully saturated rings. The summed E-state index contributed by atoms with van der Waals surface area (Å²) in [5.74, 6) is 0. The lowest BCUT2D eigenvalue weighted by Gasteiger charge is -2.39. The van der Waals surface area contributed by atoms with Gasteiger partial charge in [-0.15, -0.1) is 0 Å². The van der Waals surface area contributed by atoms with Gasteiger partial charge in [0.2, 0.25) is 0 Å². The average molecular weight is 222 g/mol. The molecule has 0 atom stereocenters. The summed E-state index contributed by atoms with van der Waals surface area (Å²) in [4.78, 5) is 0. The zero-order valence-electron chi connectivity index (χ0n) is 11.5. The van der Waals surface area contributed by atoms with E-state index >= 15 is 0 Å². The fourth-order valence-electron chi connectivity index (χ4n) is 3.91. The minimum atomic E-state index is 0.707. The van der Waals surface area contributed by atoms with Crippen LogP contribution < -0.4 is 0 Å². The van der Waals surface area contributed by atoms with Gasteiger partial charge in [0.05, 0.1) is 0 Å². The molecule has 0 saturated heterocycles. The maximum absolute atomic E-state index is 2.55. The molecule has 0 spiro atoms. The standard InChI is InChI=1S/C16H30/c1-15(9-5-3-6-10-15)13-14-16(2)11-7-4-8-12-16/h3-14H2,1-2H3. The van der Waals surface area contributed by atoms with Crippen molar-refractivity contribution in [2.45, 2.75) is 90.9 Å². The third kappa shape index (κ3) is 3.25. The second-order valence-corrected chi connectivity index (χ2v) is 7.24. The van der Waals surface area contributed by atoms with Crippen LogP contribution in [-0.4, -0.2) is 0 Å². The molecule has 0 heterocycles. The average Bonchev–Trinajstić information content (AvgIpc) is 2.29. The molecule has 0 aliphatic heterocycles. The first-order valence-corrected chi connectivity index (χ1v) is 7.62. The lowest BCUT2D eigenvalue weighted by molar-refractivity contribution is 0.128. The molecule has 0 aromatic carbocycles. The summed E-state index contributed by atoms with van der Waals surface area (Å²) in [6.07, 6.45) is 18.0. The highest BCUT2D eigenvalue weighted by Gasteiger charge is 2.32. The number of rotatable bonds is 3. The van der Waals surface area contributed by atoms with E-state index in [0.717, 1.165) is 0 Å². The van der Waals surface area contributed by atoms with Crippen LogP contribution in [-0.2, 0) is 0 Å². The molecule has 0 unspecified atom stereocenters. The van der Waals surface area contributed by atoms with Gasteiger partial charge < -0.3 is 0 Å². The maximum atomic E-state index is 2.55. The summed E-state index contributed by atoms with van der Waals surface area (Å²) in [6.45, 7) is 5.11. The molecule has 16 heavy (non-hydrogen) atoms. The van der Waals surface area contributed by atoms with Crippen LogP contribution in [0.3, 0.4) is 0 Å². The third-order valence-corrected chi connectivity index (χ3v) is 5.45. The number of hydrogen-bond acceptors (Lipinski definition) is 0. The van der Waals surface area contributed by atoms with Gasteiger partial charge in [0.1, 0.15) is 0 Å². The smallest absolute Gasteiger partial charge is 0.0326 e.